The third-order valence-corrected chi connectivity index (χ3v) is 6.42. The number of sulfonamides is 1. The van der Waals surface area contributed by atoms with E-state index >= 15 is 0 Å². The van der Waals surface area contributed by atoms with Gasteiger partial charge in [-0.1, -0.05) is 59.6 Å². The van der Waals surface area contributed by atoms with Crippen molar-refractivity contribution >= 4 is 51.0 Å². The maximum atomic E-state index is 13.2. The fourth-order valence-electron chi connectivity index (χ4n) is 2.56. The second kappa shape index (κ2) is 9.75. The summed E-state index contributed by atoms with van der Waals surface area (Å²) in [5.41, 5.74) is 3.30. The fourth-order valence-corrected chi connectivity index (χ4v) is 4.29. The van der Waals surface area contributed by atoms with Gasteiger partial charge < -0.3 is 0 Å². The summed E-state index contributed by atoms with van der Waals surface area (Å²) >= 11 is 11.9. The van der Waals surface area contributed by atoms with Gasteiger partial charge in [0.1, 0.15) is 6.54 Å². The van der Waals surface area contributed by atoms with Gasteiger partial charge >= 0.3 is 0 Å². The molecule has 9 heteroatoms. The van der Waals surface area contributed by atoms with Crippen LogP contribution in [0.5, 0.6) is 0 Å². The molecule has 0 aromatic heterocycles. The molecule has 3 aromatic rings. The van der Waals surface area contributed by atoms with Gasteiger partial charge in [0.15, 0.2) is 0 Å². The predicted octanol–water partition coefficient (Wildman–Crippen LogP) is 4.34. The van der Waals surface area contributed by atoms with Crippen LogP contribution in [0, 0.1) is 0 Å². The summed E-state index contributed by atoms with van der Waals surface area (Å²) in [5, 5.41) is 4.76. The molecule has 3 aromatic carbocycles. The lowest BCUT2D eigenvalue weighted by atomic mass is 10.2. The van der Waals surface area contributed by atoms with E-state index in [9.17, 15) is 13.2 Å². The molecule has 0 radical (unpaired) electrons. The number of anilines is 1. The molecular formula is C21H17Cl2N3O3S. The van der Waals surface area contributed by atoms with Crippen molar-refractivity contribution in [3.63, 3.8) is 0 Å². The molecule has 154 valence electrons. The summed E-state index contributed by atoms with van der Waals surface area (Å²) in [6.45, 7) is -0.463. The van der Waals surface area contributed by atoms with Gasteiger partial charge in [0.05, 0.1) is 16.8 Å². The summed E-state index contributed by atoms with van der Waals surface area (Å²) in [6, 6.07) is 21.1. The molecule has 1 amide bonds. The highest BCUT2D eigenvalue weighted by atomic mass is 35.5. The van der Waals surface area contributed by atoms with Crippen LogP contribution >= 0.6 is 23.2 Å². The summed E-state index contributed by atoms with van der Waals surface area (Å²) in [6.07, 6.45) is 1.39. The van der Waals surface area contributed by atoms with Crippen LogP contribution in [-0.4, -0.2) is 27.1 Å². The smallest absolute Gasteiger partial charge is 0.264 e. The van der Waals surface area contributed by atoms with Gasteiger partial charge in [-0.3, -0.25) is 9.10 Å². The first kappa shape index (κ1) is 21.8. The molecule has 0 atom stereocenters. The number of para-hydroxylation sites is 1. The zero-order valence-electron chi connectivity index (χ0n) is 15.6. The number of amides is 1. The third-order valence-electron chi connectivity index (χ3n) is 4.03. The van der Waals surface area contributed by atoms with E-state index in [1.165, 1.54) is 30.5 Å². The Kier molecular flexibility index (Phi) is 7.10. The van der Waals surface area contributed by atoms with E-state index in [1.807, 2.05) is 0 Å². The van der Waals surface area contributed by atoms with E-state index in [2.05, 4.69) is 10.5 Å². The molecule has 30 heavy (non-hydrogen) atoms. The monoisotopic (exact) mass is 461 g/mol. The van der Waals surface area contributed by atoms with Crippen LogP contribution in [0.15, 0.2) is 88.9 Å². The van der Waals surface area contributed by atoms with Gasteiger partial charge in [0, 0.05) is 15.6 Å². The van der Waals surface area contributed by atoms with Crippen LogP contribution in [0.3, 0.4) is 0 Å². The topological polar surface area (TPSA) is 78.8 Å². The molecule has 0 fully saturated rings. The molecular weight excluding hydrogens is 445 g/mol. The first-order valence-electron chi connectivity index (χ1n) is 8.78. The summed E-state index contributed by atoms with van der Waals surface area (Å²) < 4.78 is 27.3. The van der Waals surface area contributed by atoms with E-state index in [-0.39, 0.29) is 4.90 Å². The lowest BCUT2D eigenvalue weighted by Gasteiger charge is -2.23. The number of carbonyl (C=O) groups is 1. The van der Waals surface area contributed by atoms with E-state index in [0.717, 1.165) is 4.31 Å². The van der Waals surface area contributed by atoms with Crippen molar-refractivity contribution in [2.45, 2.75) is 4.90 Å². The summed E-state index contributed by atoms with van der Waals surface area (Å²) in [4.78, 5) is 12.5. The van der Waals surface area contributed by atoms with Crippen molar-refractivity contribution in [1.82, 2.24) is 5.43 Å². The van der Waals surface area contributed by atoms with E-state index < -0.39 is 22.5 Å². The molecule has 3 rings (SSSR count). The number of halogens is 2. The maximum absolute atomic E-state index is 13.2. The van der Waals surface area contributed by atoms with E-state index in [4.69, 9.17) is 23.2 Å². The molecule has 0 aliphatic rings. The summed E-state index contributed by atoms with van der Waals surface area (Å²) in [7, 11) is -4.01. The number of nitrogens with zero attached hydrogens (tertiary/aromatic N) is 2. The van der Waals surface area contributed by atoms with Crippen LogP contribution in [0.2, 0.25) is 10.0 Å². The predicted molar refractivity (Wildman–Crippen MR) is 120 cm³/mol. The minimum atomic E-state index is -4.01. The van der Waals surface area contributed by atoms with Gasteiger partial charge in [-0.05, 0) is 42.5 Å². The van der Waals surface area contributed by atoms with Crippen molar-refractivity contribution in [2.75, 3.05) is 10.8 Å². The van der Waals surface area contributed by atoms with Gasteiger partial charge in [0.25, 0.3) is 15.9 Å². The Morgan fingerprint density at radius 3 is 2.23 bits per heavy atom. The molecule has 0 heterocycles. The number of carbonyl (C=O) groups excluding carboxylic acids is 1. The zero-order chi connectivity index (χ0) is 21.6. The minimum Gasteiger partial charge on any atom is -0.271 e. The molecule has 0 unspecified atom stereocenters. The maximum Gasteiger partial charge on any atom is 0.264 e. The lowest BCUT2D eigenvalue weighted by Crippen LogP contribution is -2.39. The van der Waals surface area contributed by atoms with Crippen molar-refractivity contribution in [1.29, 1.82) is 0 Å². The average molecular weight is 462 g/mol. The second-order valence-electron chi connectivity index (χ2n) is 6.12. The highest BCUT2D eigenvalue weighted by molar-refractivity contribution is 7.92. The van der Waals surface area contributed by atoms with Crippen molar-refractivity contribution < 1.29 is 13.2 Å². The molecule has 1 N–H and O–H groups in total. The first-order chi connectivity index (χ1) is 14.4. The van der Waals surface area contributed by atoms with Crippen molar-refractivity contribution in [3.8, 4) is 0 Å². The third kappa shape index (κ3) is 5.38. The van der Waals surface area contributed by atoms with Gasteiger partial charge in [-0.15, -0.1) is 0 Å². The van der Waals surface area contributed by atoms with Crippen molar-refractivity contribution in [2.24, 2.45) is 5.10 Å². The molecule has 6 nitrogen and oxygen atoms in total. The Balaban J connectivity index is 1.82. The number of hydrogen-bond donors (Lipinski definition) is 1. The largest absolute Gasteiger partial charge is 0.271 e. The Morgan fingerprint density at radius 2 is 1.57 bits per heavy atom. The quantitative estimate of drug-likeness (QED) is 0.419. The molecule has 0 saturated carbocycles. The number of hydrogen-bond acceptors (Lipinski definition) is 4. The normalized spacial score (nSPS) is 11.4. The standard InChI is InChI=1S/C21H17Cl2N3O3S/c22-17-10-12-19(13-11-17)30(28,29)26(18-7-2-1-3-8-18)15-21(27)25-24-14-16-6-4-5-9-20(16)23/h1-14H,15H2,(H,25,27)/b24-14-. The summed E-state index contributed by atoms with van der Waals surface area (Å²) in [5.74, 6) is -0.611. The number of nitrogens with one attached hydrogen (secondary N) is 1. The Morgan fingerprint density at radius 1 is 0.933 bits per heavy atom. The Hall–Kier alpha value is -2.87. The SMILES string of the molecule is O=C(CN(c1ccccc1)S(=O)(=O)c1ccc(Cl)cc1)N/N=C\c1ccccc1Cl. The van der Waals surface area contributed by atoms with Gasteiger partial charge in [-0.2, -0.15) is 5.10 Å². The lowest BCUT2D eigenvalue weighted by molar-refractivity contribution is -0.119. The van der Waals surface area contributed by atoms with Crippen LogP contribution in [0.4, 0.5) is 5.69 Å². The van der Waals surface area contributed by atoms with E-state index in [1.54, 1.807) is 54.6 Å². The van der Waals surface area contributed by atoms with Crippen LogP contribution in [0.25, 0.3) is 0 Å². The average Bonchev–Trinajstić information content (AvgIpc) is 2.74. The van der Waals surface area contributed by atoms with Gasteiger partial charge in [-0.25, -0.2) is 13.8 Å². The number of rotatable bonds is 7. The minimum absolute atomic E-state index is 0.0168. The van der Waals surface area contributed by atoms with Crippen molar-refractivity contribution in [3.05, 3.63) is 94.5 Å². The number of hydrazone groups is 1. The Bertz CT molecular complexity index is 1150. The molecule has 0 aliphatic heterocycles. The second-order valence-corrected chi connectivity index (χ2v) is 8.82. The highest BCUT2D eigenvalue weighted by Crippen LogP contribution is 2.24. The molecule has 0 saturated heterocycles. The Labute approximate surface area is 184 Å². The van der Waals surface area contributed by atoms with Gasteiger partial charge in [0.2, 0.25) is 0 Å². The van der Waals surface area contributed by atoms with Crippen LogP contribution in [-0.2, 0) is 14.8 Å². The van der Waals surface area contributed by atoms with Crippen LogP contribution < -0.4 is 9.73 Å². The fraction of sp³-hybridized carbons (Fsp3) is 0.0476. The van der Waals surface area contributed by atoms with E-state index in [0.29, 0.717) is 21.3 Å². The highest BCUT2D eigenvalue weighted by Gasteiger charge is 2.27. The molecule has 0 spiro atoms. The van der Waals surface area contributed by atoms with Crippen LogP contribution in [0.1, 0.15) is 5.56 Å². The molecule has 0 aliphatic carbocycles. The number of benzene rings is 3. The molecule has 0 bridgehead atoms. The zero-order valence-corrected chi connectivity index (χ0v) is 17.9. The first-order valence-corrected chi connectivity index (χ1v) is 11.0.